The first-order valence-corrected chi connectivity index (χ1v) is 8.86. The number of esters is 1. The summed E-state index contributed by atoms with van der Waals surface area (Å²) < 4.78 is 15.8. The van der Waals surface area contributed by atoms with Crippen molar-refractivity contribution < 1.29 is 23.5 Å². The number of ether oxygens (including phenoxy) is 2. The number of carbonyl (C=O) groups is 2. The summed E-state index contributed by atoms with van der Waals surface area (Å²) in [5.41, 5.74) is 1.65. The number of amides is 1. The van der Waals surface area contributed by atoms with Crippen LogP contribution in [0.15, 0.2) is 28.9 Å². The van der Waals surface area contributed by atoms with Gasteiger partial charge in [0, 0.05) is 18.5 Å². The van der Waals surface area contributed by atoms with E-state index in [-0.39, 0.29) is 6.09 Å². The maximum Gasteiger partial charge on any atom is 0.410 e. The zero-order valence-electron chi connectivity index (χ0n) is 15.7. The molecule has 2 aromatic rings. The molecule has 0 bridgehead atoms. The van der Waals surface area contributed by atoms with Crippen LogP contribution in [0.1, 0.15) is 55.5 Å². The van der Waals surface area contributed by atoms with Gasteiger partial charge < -0.3 is 18.8 Å². The molecule has 1 amide bonds. The van der Waals surface area contributed by atoms with E-state index in [1.165, 1.54) is 7.11 Å². The van der Waals surface area contributed by atoms with Gasteiger partial charge in [-0.25, -0.2) is 9.59 Å². The van der Waals surface area contributed by atoms with Crippen molar-refractivity contribution in [1.29, 1.82) is 0 Å². The summed E-state index contributed by atoms with van der Waals surface area (Å²) in [5.74, 6) is -0.100. The molecule has 0 aliphatic carbocycles. The number of rotatable bonds is 2. The summed E-state index contributed by atoms with van der Waals surface area (Å²) in [5, 5.41) is 0.934. The third-order valence-electron chi connectivity index (χ3n) is 4.64. The lowest BCUT2D eigenvalue weighted by atomic mass is 9.87. The van der Waals surface area contributed by atoms with Crippen LogP contribution < -0.4 is 0 Å². The van der Waals surface area contributed by atoms with E-state index >= 15 is 0 Å². The molecule has 0 atom stereocenters. The van der Waals surface area contributed by atoms with Gasteiger partial charge in [-0.3, -0.25) is 0 Å². The van der Waals surface area contributed by atoms with E-state index in [9.17, 15) is 9.59 Å². The molecule has 1 aliphatic rings. The number of fused-ring (bicyclic) bond motifs is 1. The molecule has 6 heteroatoms. The Bertz CT molecular complexity index is 809. The van der Waals surface area contributed by atoms with Crippen molar-refractivity contribution >= 4 is 23.0 Å². The molecule has 26 heavy (non-hydrogen) atoms. The first-order valence-electron chi connectivity index (χ1n) is 8.86. The van der Waals surface area contributed by atoms with Crippen LogP contribution in [0.2, 0.25) is 0 Å². The second kappa shape index (κ2) is 7.02. The molecule has 1 aromatic carbocycles. The van der Waals surface area contributed by atoms with Gasteiger partial charge in [0.2, 0.25) is 0 Å². The largest absolute Gasteiger partial charge is 0.465 e. The van der Waals surface area contributed by atoms with Crippen molar-refractivity contribution in [3.05, 3.63) is 35.6 Å². The third-order valence-corrected chi connectivity index (χ3v) is 4.64. The first-order chi connectivity index (χ1) is 12.3. The number of hydrogen-bond donors (Lipinski definition) is 0. The Morgan fingerprint density at radius 2 is 1.85 bits per heavy atom. The summed E-state index contributed by atoms with van der Waals surface area (Å²) in [6.45, 7) is 6.91. The molecule has 0 N–H and O–H groups in total. The number of nitrogens with zero attached hydrogens (tertiary/aromatic N) is 1. The number of benzene rings is 1. The quantitative estimate of drug-likeness (QED) is 0.746. The highest BCUT2D eigenvalue weighted by molar-refractivity contribution is 6.03. The van der Waals surface area contributed by atoms with Crippen molar-refractivity contribution in [2.75, 3.05) is 20.2 Å². The molecule has 1 aromatic heterocycles. The number of carbonyl (C=O) groups excluding carboxylic acids is 2. The van der Waals surface area contributed by atoms with Crippen LogP contribution in [-0.4, -0.2) is 42.8 Å². The molecular weight excluding hydrogens is 334 g/mol. The van der Waals surface area contributed by atoms with Gasteiger partial charge >= 0.3 is 12.1 Å². The fraction of sp³-hybridized carbons (Fsp3) is 0.500. The molecule has 140 valence electrons. The zero-order valence-corrected chi connectivity index (χ0v) is 15.7. The molecule has 0 spiro atoms. The Hall–Kier alpha value is -2.50. The predicted octanol–water partition coefficient (Wildman–Crippen LogP) is 4.33. The lowest BCUT2D eigenvalue weighted by molar-refractivity contribution is 0.0205. The highest BCUT2D eigenvalue weighted by Gasteiger charge is 2.29. The van der Waals surface area contributed by atoms with Gasteiger partial charge in [-0.1, -0.05) is 6.07 Å². The van der Waals surface area contributed by atoms with Gasteiger partial charge in [-0.05, 0) is 57.2 Å². The van der Waals surface area contributed by atoms with Gasteiger partial charge in [-0.2, -0.15) is 0 Å². The van der Waals surface area contributed by atoms with Crippen LogP contribution in [0.4, 0.5) is 4.79 Å². The summed E-state index contributed by atoms with van der Waals surface area (Å²) in [4.78, 5) is 25.9. The molecule has 0 radical (unpaired) electrons. The standard InChI is InChI=1S/C20H25NO5/c1-20(2,3)26-19(23)21-10-7-13(8-11-21)14-5-6-16(18(22)24-4)17-15(14)9-12-25-17/h5-6,9,12-13H,7-8,10-11H2,1-4H3. The first kappa shape index (κ1) is 18.3. The summed E-state index contributed by atoms with van der Waals surface area (Å²) in [6, 6.07) is 5.61. The van der Waals surface area contributed by atoms with Gasteiger partial charge in [0.25, 0.3) is 0 Å². The fourth-order valence-electron chi connectivity index (χ4n) is 3.41. The highest BCUT2D eigenvalue weighted by atomic mass is 16.6. The summed E-state index contributed by atoms with van der Waals surface area (Å²) in [7, 11) is 1.36. The molecule has 1 fully saturated rings. The van der Waals surface area contributed by atoms with Crippen molar-refractivity contribution in [2.45, 2.75) is 45.1 Å². The van der Waals surface area contributed by atoms with Crippen molar-refractivity contribution in [1.82, 2.24) is 4.90 Å². The fourth-order valence-corrected chi connectivity index (χ4v) is 3.41. The number of furan rings is 1. The predicted molar refractivity (Wildman–Crippen MR) is 97.3 cm³/mol. The van der Waals surface area contributed by atoms with E-state index in [1.807, 2.05) is 32.9 Å². The Morgan fingerprint density at radius 3 is 2.46 bits per heavy atom. The van der Waals surface area contributed by atoms with E-state index in [2.05, 4.69) is 0 Å². The zero-order chi connectivity index (χ0) is 18.9. The van der Waals surface area contributed by atoms with Gasteiger partial charge in [0.05, 0.1) is 13.4 Å². The van der Waals surface area contributed by atoms with E-state index in [4.69, 9.17) is 13.9 Å². The number of piperidine rings is 1. The van der Waals surface area contributed by atoms with Crippen molar-refractivity contribution in [3.63, 3.8) is 0 Å². The molecule has 0 unspecified atom stereocenters. The number of hydrogen-bond acceptors (Lipinski definition) is 5. The van der Waals surface area contributed by atoms with Crippen LogP contribution >= 0.6 is 0 Å². The molecule has 6 nitrogen and oxygen atoms in total. The van der Waals surface area contributed by atoms with E-state index < -0.39 is 11.6 Å². The number of likely N-dealkylation sites (tertiary alicyclic amines) is 1. The van der Waals surface area contributed by atoms with E-state index in [0.29, 0.717) is 30.2 Å². The third kappa shape index (κ3) is 3.69. The minimum Gasteiger partial charge on any atom is -0.465 e. The lowest BCUT2D eigenvalue weighted by Gasteiger charge is -2.33. The smallest absolute Gasteiger partial charge is 0.410 e. The van der Waals surface area contributed by atoms with Crippen LogP contribution in [0, 0.1) is 0 Å². The minimum absolute atomic E-state index is 0.259. The lowest BCUT2D eigenvalue weighted by Crippen LogP contribution is -2.41. The Balaban J connectivity index is 1.75. The Kier molecular flexibility index (Phi) is 4.94. The monoisotopic (exact) mass is 359 g/mol. The van der Waals surface area contributed by atoms with Crippen LogP contribution in [0.3, 0.4) is 0 Å². The maximum absolute atomic E-state index is 12.2. The average Bonchev–Trinajstić information content (AvgIpc) is 3.08. The molecule has 1 saturated heterocycles. The van der Waals surface area contributed by atoms with Gasteiger partial charge in [0.15, 0.2) is 0 Å². The van der Waals surface area contributed by atoms with Crippen molar-refractivity contribution in [3.8, 4) is 0 Å². The summed E-state index contributed by atoms with van der Waals surface area (Å²) >= 11 is 0. The average molecular weight is 359 g/mol. The molecular formula is C20H25NO5. The second-order valence-corrected chi connectivity index (χ2v) is 7.60. The molecule has 0 saturated carbocycles. The van der Waals surface area contributed by atoms with Gasteiger partial charge in [-0.15, -0.1) is 0 Å². The Morgan fingerprint density at radius 1 is 1.15 bits per heavy atom. The topological polar surface area (TPSA) is 69.0 Å². The van der Waals surface area contributed by atoms with Crippen LogP contribution in [-0.2, 0) is 9.47 Å². The molecule has 3 rings (SSSR count). The van der Waals surface area contributed by atoms with Crippen molar-refractivity contribution in [2.24, 2.45) is 0 Å². The number of methoxy groups -OCH3 is 1. The highest BCUT2D eigenvalue weighted by Crippen LogP contribution is 2.35. The van der Waals surface area contributed by atoms with Crippen LogP contribution in [0.25, 0.3) is 11.0 Å². The molecule has 2 heterocycles. The Labute approximate surface area is 153 Å². The van der Waals surface area contributed by atoms with Crippen LogP contribution in [0.5, 0.6) is 0 Å². The van der Waals surface area contributed by atoms with Gasteiger partial charge in [0.1, 0.15) is 16.7 Å². The normalized spacial score (nSPS) is 15.9. The van der Waals surface area contributed by atoms with E-state index in [0.717, 1.165) is 23.8 Å². The minimum atomic E-state index is -0.486. The second-order valence-electron chi connectivity index (χ2n) is 7.60. The summed E-state index contributed by atoms with van der Waals surface area (Å²) in [6.07, 6.45) is 3.02. The maximum atomic E-state index is 12.2. The molecule has 1 aliphatic heterocycles. The van der Waals surface area contributed by atoms with E-state index in [1.54, 1.807) is 17.2 Å². The SMILES string of the molecule is COC(=O)c1ccc(C2CCN(C(=O)OC(C)(C)C)CC2)c2ccoc12.